The van der Waals surface area contributed by atoms with Crippen LogP contribution in [0.4, 0.5) is 0 Å². The van der Waals surface area contributed by atoms with Crippen molar-refractivity contribution < 1.29 is 14.0 Å². The molecular weight excluding hydrogens is 342 g/mol. The summed E-state index contributed by atoms with van der Waals surface area (Å²) in [6.07, 6.45) is 0. The highest BCUT2D eigenvalue weighted by atomic mass is 28.4. The van der Waals surface area contributed by atoms with Crippen LogP contribution in [0.15, 0.2) is 24.3 Å². The molecule has 0 spiro atoms. The van der Waals surface area contributed by atoms with Gasteiger partial charge >= 0.3 is 5.97 Å². The van der Waals surface area contributed by atoms with Gasteiger partial charge in [0.05, 0.1) is 19.1 Å². The van der Waals surface area contributed by atoms with Crippen LogP contribution in [0.3, 0.4) is 0 Å². The minimum absolute atomic E-state index is 0.249. The first kappa shape index (κ1) is 22.9. The Labute approximate surface area is 160 Å². The monoisotopic (exact) mass is 379 g/mol. The van der Waals surface area contributed by atoms with E-state index in [1.54, 1.807) is 6.92 Å². The normalized spacial score (nSPS) is 13.5. The molecule has 0 heterocycles. The van der Waals surface area contributed by atoms with Gasteiger partial charge in [0.2, 0.25) is 8.32 Å². The second-order valence-corrected chi connectivity index (χ2v) is 13.3. The Morgan fingerprint density at radius 1 is 1.00 bits per heavy atom. The lowest BCUT2D eigenvalue weighted by atomic mass is 9.98. The largest absolute Gasteiger partial charge is 0.465 e. The van der Waals surface area contributed by atoms with Crippen LogP contribution in [0.25, 0.3) is 0 Å². The Kier molecular flexibility index (Phi) is 9.00. The van der Waals surface area contributed by atoms with Crippen molar-refractivity contribution in [3.63, 3.8) is 0 Å². The van der Waals surface area contributed by atoms with Crippen LogP contribution in [-0.2, 0) is 20.6 Å². The topological polar surface area (TPSA) is 61.5 Å². The number of carbonyl (C=O) groups excluding carboxylic acids is 1. The van der Waals surface area contributed by atoms with E-state index in [-0.39, 0.29) is 12.5 Å². The van der Waals surface area contributed by atoms with Gasteiger partial charge in [-0.25, -0.2) is 0 Å². The highest BCUT2D eigenvalue weighted by molar-refractivity contribution is 6.77. The van der Waals surface area contributed by atoms with E-state index in [1.807, 2.05) is 24.3 Å². The van der Waals surface area contributed by atoms with Crippen LogP contribution in [-0.4, -0.2) is 27.4 Å². The number of rotatable bonds is 10. The molecule has 0 aliphatic carbocycles. The van der Waals surface area contributed by atoms with Gasteiger partial charge in [0.25, 0.3) is 0 Å². The number of ether oxygens (including phenoxy) is 1. The zero-order chi connectivity index (χ0) is 19.9. The van der Waals surface area contributed by atoms with E-state index in [2.05, 4.69) is 41.5 Å². The van der Waals surface area contributed by atoms with Crippen molar-refractivity contribution in [2.45, 2.75) is 77.6 Å². The maximum atomic E-state index is 12.0. The van der Waals surface area contributed by atoms with Gasteiger partial charge in [-0.2, -0.15) is 0 Å². The third-order valence-electron chi connectivity index (χ3n) is 5.38. The Morgan fingerprint density at radius 2 is 1.50 bits per heavy atom. The predicted octanol–water partition coefficient (Wildman–Crippen LogP) is 4.98. The molecule has 148 valence electrons. The summed E-state index contributed by atoms with van der Waals surface area (Å²) in [6.45, 7) is 16.8. The van der Waals surface area contributed by atoms with Crippen molar-refractivity contribution >= 4 is 14.3 Å². The third kappa shape index (κ3) is 5.18. The number of hydrogen-bond donors (Lipinski definition) is 1. The SMILES string of the molecule is CCOC(=O)[C@H](CN)c1ccc(CO[Si](C(C)C)(C(C)C)C(C)C)cc1. The van der Waals surface area contributed by atoms with Crippen molar-refractivity contribution in [1.82, 2.24) is 0 Å². The molecule has 0 unspecified atom stereocenters. The fourth-order valence-electron chi connectivity index (χ4n) is 4.17. The molecule has 5 heteroatoms. The Balaban J connectivity index is 2.91. The van der Waals surface area contributed by atoms with Crippen LogP contribution in [0.5, 0.6) is 0 Å². The molecule has 0 bridgehead atoms. The smallest absolute Gasteiger partial charge is 0.314 e. The molecule has 0 aromatic heterocycles. The number of benzene rings is 1. The average Bonchev–Trinajstić information content (AvgIpc) is 2.56. The fourth-order valence-corrected chi connectivity index (χ4v) is 9.58. The minimum Gasteiger partial charge on any atom is -0.465 e. The van der Waals surface area contributed by atoms with Crippen molar-refractivity contribution in [3.8, 4) is 0 Å². The molecule has 0 radical (unpaired) electrons. The first-order chi connectivity index (χ1) is 12.2. The summed E-state index contributed by atoms with van der Waals surface area (Å²) in [7, 11) is -1.88. The van der Waals surface area contributed by atoms with Gasteiger partial charge in [-0.1, -0.05) is 65.8 Å². The molecule has 1 aromatic rings. The van der Waals surface area contributed by atoms with Crippen molar-refractivity contribution in [1.29, 1.82) is 0 Å². The van der Waals surface area contributed by atoms with Crippen LogP contribution in [0.1, 0.15) is 65.5 Å². The minimum atomic E-state index is -1.88. The molecule has 26 heavy (non-hydrogen) atoms. The standard InChI is InChI=1S/C21H37NO3Si/c1-8-24-21(23)20(13-22)19-11-9-18(10-12-19)14-25-26(15(2)3,16(4)5)17(6)7/h9-12,15-17,20H,8,13-14,22H2,1-7H3/t20-/m1/s1. The van der Waals surface area contributed by atoms with Gasteiger partial charge < -0.3 is 14.9 Å². The molecule has 1 aromatic carbocycles. The van der Waals surface area contributed by atoms with Gasteiger partial charge in [-0.15, -0.1) is 0 Å². The van der Waals surface area contributed by atoms with Gasteiger partial charge in [-0.3, -0.25) is 4.79 Å². The summed E-state index contributed by atoms with van der Waals surface area (Å²) in [6, 6.07) is 8.02. The maximum absolute atomic E-state index is 12.0. The number of nitrogens with two attached hydrogens (primary N) is 1. The van der Waals surface area contributed by atoms with E-state index in [0.717, 1.165) is 11.1 Å². The summed E-state index contributed by atoms with van der Waals surface area (Å²) in [5.74, 6) is -0.662. The lowest BCUT2D eigenvalue weighted by Gasteiger charge is -2.42. The van der Waals surface area contributed by atoms with Crippen molar-refractivity contribution in [2.24, 2.45) is 5.73 Å². The highest BCUT2D eigenvalue weighted by Gasteiger charge is 2.44. The van der Waals surface area contributed by atoms with E-state index < -0.39 is 14.2 Å². The van der Waals surface area contributed by atoms with Gasteiger partial charge in [0, 0.05) is 6.54 Å². The summed E-state index contributed by atoms with van der Waals surface area (Å²) < 4.78 is 11.7. The summed E-state index contributed by atoms with van der Waals surface area (Å²) in [5.41, 5.74) is 9.49. The fraction of sp³-hybridized carbons (Fsp3) is 0.667. The van der Waals surface area contributed by atoms with E-state index >= 15 is 0 Å². The third-order valence-corrected chi connectivity index (χ3v) is 11.4. The van der Waals surface area contributed by atoms with E-state index in [1.165, 1.54) is 0 Å². The molecule has 0 saturated heterocycles. The van der Waals surface area contributed by atoms with Crippen molar-refractivity contribution in [2.75, 3.05) is 13.2 Å². The van der Waals surface area contributed by atoms with Crippen LogP contribution in [0.2, 0.25) is 16.6 Å². The molecular formula is C21H37NO3Si. The Bertz CT molecular complexity index is 533. The van der Waals surface area contributed by atoms with E-state index in [0.29, 0.717) is 29.8 Å². The maximum Gasteiger partial charge on any atom is 0.314 e. The zero-order valence-electron chi connectivity index (χ0n) is 17.5. The second-order valence-electron chi connectivity index (χ2n) is 7.89. The summed E-state index contributed by atoms with van der Waals surface area (Å²) in [4.78, 5) is 12.0. The van der Waals surface area contributed by atoms with Gasteiger partial charge in [0.15, 0.2) is 0 Å². The molecule has 1 rings (SSSR count). The lowest BCUT2D eigenvalue weighted by molar-refractivity contribution is -0.144. The average molecular weight is 380 g/mol. The first-order valence-corrected chi connectivity index (χ1v) is 11.9. The Hall–Kier alpha value is -1.17. The van der Waals surface area contributed by atoms with Crippen LogP contribution in [0, 0.1) is 0 Å². The summed E-state index contributed by atoms with van der Waals surface area (Å²) >= 11 is 0. The molecule has 2 N–H and O–H groups in total. The number of carbonyl (C=O) groups is 1. The predicted molar refractivity (Wildman–Crippen MR) is 111 cm³/mol. The molecule has 0 fully saturated rings. The molecule has 0 aliphatic rings. The summed E-state index contributed by atoms with van der Waals surface area (Å²) in [5, 5.41) is 0. The van der Waals surface area contributed by atoms with E-state index in [9.17, 15) is 4.79 Å². The molecule has 0 amide bonds. The van der Waals surface area contributed by atoms with Crippen LogP contribution < -0.4 is 5.73 Å². The van der Waals surface area contributed by atoms with Gasteiger partial charge in [-0.05, 0) is 34.7 Å². The van der Waals surface area contributed by atoms with Crippen LogP contribution >= 0.6 is 0 Å². The second kappa shape index (κ2) is 10.2. The molecule has 0 saturated carbocycles. The number of hydrogen-bond acceptors (Lipinski definition) is 4. The molecule has 0 aliphatic heterocycles. The van der Waals surface area contributed by atoms with Crippen molar-refractivity contribution in [3.05, 3.63) is 35.4 Å². The quantitative estimate of drug-likeness (QED) is 0.460. The molecule has 1 atom stereocenters. The van der Waals surface area contributed by atoms with Gasteiger partial charge in [0.1, 0.15) is 0 Å². The first-order valence-electron chi connectivity index (χ1n) is 9.80. The number of esters is 1. The zero-order valence-corrected chi connectivity index (χ0v) is 18.5. The highest BCUT2D eigenvalue weighted by Crippen LogP contribution is 2.42. The lowest BCUT2D eigenvalue weighted by Crippen LogP contribution is -2.47. The Morgan fingerprint density at radius 3 is 1.88 bits per heavy atom. The molecule has 4 nitrogen and oxygen atoms in total. The van der Waals surface area contributed by atoms with E-state index in [4.69, 9.17) is 14.9 Å².